The highest BCUT2D eigenvalue weighted by atomic mass is 79.9. The van der Waals surface area contributed by atoms with Crippen molar-refractivity contribution in [1.82, 2.24) is 9.10 Å². The van der Waals surface area contributed by atoms with Crippen LogP contribution in [-0.4, -0.2) is 30.5 Å². The van der Waals surface area contributed by atoms with Crippen molar-refractivity contribution in [2.45, 2.75) is 30.6 Å². The maximum atomic E-state index is 11.8. The minimum absolute atomic E-state index is 0.0187. The van der Waals surface area contributed by atoms with Crippen LogP contribution in [0, 0.1) is 5.92 Å². The summed E-state index contributed by atoms with van der Waals surface area (Å²) in [6.07, 6.45) is 1.33. The van der Waals surface area contributed by atoms with Crippen LogP contribution in [0.2, 0.25) is 0 Å². The average Bonchev–Trinajstić information content (AvgIpc) is 2.61. The molecule has 0 radical (unpaired) electrons. The first kappa shape index (κ1) is 15.0. The minimum atomic E-state index is -3.58. The summed E-state index contributed by atoms with van der Waals surface area (Å²) in [6, 6.07) is 0. The quantitative estimate of drug-likeness (QED) is 0.822. The molecule has 2 N–H and O–H groups in total. The first-order valence-corrected chi connectivity index (χ1v) is 8.15. The van der Waals surface area contributed by atoms with Crippen LogP contribution in [0.25, 0.3) is 0 Å². The molecule has 1 atom stereocenters. The van der Waals surface area contributed by atoms with Crippen molar-refractivity contribution in [1.29, 1.82) is 0 Å². The van der Waals surface area contributed by atoms with Gasteiger partial charge in [0.2, 0.25) is 0 Å². The number of nitrogens with zero attached hydrogens (tertiary/aromatic N) is 1. The average molecular weight is 343 g/mol. The van der Waals surface area contributed by atoms with E-state index in [1.165, 1.54) is 6.20 Å². The normalized spacial score (nSPS) is 14.2. The van der Waals surface area contributed by atoms with Crippen LogP contribution in [0.3, 0.4) is 0 Å². The number of rotatable bonds is 6. The molecule has 0 saturated heterocycles. The molecule has 0 bridgehead atoms. The third-order valence-corrected chi connectivity index (χ3v) is 5.85. The number of aromatic nitrogens is 1. The summed E-state index contributed by atoms with van der Waals surface area (Å²) < 4.78 is 30.4. The summed E-state index contributed by atoms with van der Waals surface area (Å²) >= 11 is 4.01. The Morgan fingerprint density at radius 1 is 1.59 bits per heavy atom. The molecule has 1 rings (SSSR count). The second-order valence-corrected chi connectivity index (χ2v) is 7.71. The van der Waals surface area contributed by atoms with Crippen LogP contribution in [0.1, 0.15) is 20.3 Å². The molecule has 1 unspecified atom stereocenters. The van der Waals surface area contributed by atoms with E-state index in [0.717, 1.165) is 11.5 Å². The predicted molar refractivity (Wildman–Crippen MR) is 70.5 cm³/mol. The molecule has 0 spiro atoms. The predicted octanol–water partition coefficient (Wildman–Crippen LogP) is 1.59. The molecule has 5 nitrogen and oxygen atoms in total. The van der Waals surface area contributed by atoms with Gasteiger partial charge in [0.25, 0.3) is 10.0 Å². The van der Waals surface area contributed by atoms with Crippen LogP contribution >= 0.6 is 27.5 Å². The van der Waals surface area contributed by atoms with Gasteiger partial charge in [0.15, 0.2) is 4.21 Å². The molecule has 0 amide bonds. The monoisotopic (exact) mass is 342 g/mol. The fraction of sp³-hybridized carbons (Fsp3) is 0.667. The van der Waals surface area contributed by atoms with E-state index in [1.807, 2.05) is 13.8 Å². The van der Waals surface area contributed by atoms with E-state index >= 15 is 0 Å². The summed E-state index contributed by atoms with van der Waals surface area (Å²) in [6.45, 7) is 3.96. The summed E-state index contributed by atoms with van der Waals surface area (Å²) in [7, 11) is -3.58. The molecular formula is C9H15BrN2O3S2. The van der Waals surface area contributed by atoms with Crippen molar-refractivity contribution < 1.29 is 13.5 Å². The topological polar surface area (TPSA) is 79.3 Å². The molecule has 98 valence electrons. The van der Waals surface area contributed by atoms with Crippen LogP contribution in [0.4, 0.5) is 0 Å². The molecule has 0 fully saturated rings. The lowest BCUT2D eigenvalue weighted by Crippen LogP contribution is -2.32. The largest absolute Gasteiger partial charge is 0.392 e. The highest BCUT2D eigenvalue weighted by Gasteiger charge is 2.21. The fourth-order valence-electron chi connectivity index (χ4n) is 1.29. The Labute approximate surface area is 114 Å². The number of sulfonamides is 1. The molecule has 1 heterocycles. The van der Waals surface area contributed by atoms with Gasteiger partial charge in [-0.05, 0) is 39.8 Å². The van der Waals surface area contributed by atoms with Gasteiger partial charge >= 0.3 is 0 Å². The zero-order valence-corrected chi connectivity index (χ0v) is 12.8. The van der Waals surface area contributed by atoms with Crippen molar-refractivity contribution in [2.24, 2.45) is 5.92 Å². The van der Waals surface area contributed by atoms with Crippen LogP contribution in [-0.2, 0) is 10.0 Å². The Morgan fingerprint density at radius 3 is 2.71 bits per heavy atom. The molecule has 0 aliphatic carbocycles. The zero-order chi connectivity index (χ0) is 13.1. The number of hydrogen-bond donors (Lipinski definition) is 2. The van der Waals surface area contributed by atoms with Crippen molar-refractivity contribution in [2.75, 3.05) is 6.54 Å². The van der Waals surface area contributed by atoms with E-state index < -0.39 is 16.1 Å². The van der Waals surface area contributed by atoms with Crippen molar-refractivity contribution >= 4 is 37.5 Å². The lowest BCUT2D eigenvalue weighted by molar-refractivity contribution is 0.152. The number of aliphatic hydroxyl groups is 1. The molecule has 1 aromatic heterocycles. The van der Waals surface area contributed by atoms with Gasteiger partial charge in [0.1, 0.15) is 0 Å². The maximum Gasteiger partial charge on any atom is 0.252 e. The van der Waals surface area contributed by atoms with Crippen LogP contribution in [0.5, 0.6) is 0 Å². The summed E-state index contributed by atoms with van der Waals surface area (Å²) in [5.74, 6) is 0.324. The van der Waals surface area contributed by atoms with Gasteiger partial charge in [-0.25, -0.2) is 13.1 Å². The Kier molecular flexibility index (Phi) is 5.52. The van der Waals surface area contributed by atoms with Gasteiger partial charge in [-0.1, -0.05) is 13.8 Å². The third kappa shape index (κ3) is 4.63. The second-order valence-electron chi connectivity index (χ2n) is 4.10. The lowest BCUT2D eigenvalue weighted by Gasteiger charge is -2.13. The molecule has 1 aromatic rings. The first-order chi connectivity index (χ1) is 7.83. The van der Waals surface area contributed by atoms with Gasteiger partial charge in [0.05, 0.1) is 16.8 Å². The van der Waals surface area contributed by atoms with Crippen molar-refractivity contribution in [3.63, 3.8) is 0 Å². The summed E-state index contributed by atoms with van der Waals surface area (Å²) in [4.78, 5) is 0. The minimum Gasteiger partial charge on any atom is -0.392 e. The highest BCUT2D eigenvalue weighted by Crippen LogP contribution is 2.24. The molecule has 0 aromatic carbocycles. The smallest absolute Gasteiger partial charge is 0.252 e. The molecule has 17 heavy (non-hydrogen) atoms. The summed E-state index contributed by atoms with van der Waals surface area (Å²) in [5.41, 5.74) is 0. The van der Waals surface area contributed by atoms with Crippen molar-refractivity contribution in [3.8, 4) is 0 Å². The standard InChI is InChI=1S/C9H15BrN2O3S2/c1-6(2)3-7(13)4-12-17(14,15)9-8(10)5-11-16-9/h5-7,12-13H,3-4H2,1-2H3. The number of nitrogens with one attached hydrogen (secondary N) is 1. The lowest BCUT2D eigenvalue weighted by atomic mass is 10.1. The Balaban J connectivity index is 2.60. The van der Waals surface area contributed by atoms with Gasteiger partial charge in [0, 0.05) is 6.54 Å². The van der Waals surface area contributed by atoms with E-state index in [1.54, 1.807) is 0 Å². The third-order valence-electron chi connectivity index (χ3n) is 1.99. The van der Waals surface area contributed by atoms with E-state index in [-0.39, 0.29) is 10.8 Å². The Hall–Kier alpha value is -0.0200. The van der Waals surface area contributed by atoms with Crippen LogP contribution in [0.15, 0.2) is 14.9 Å². The van der Waals surface area contributed by atoms with Gasteiger partial charge in [-0.15, -0.1) is 0 Å². The Bertz CT molecular complexity index is 459. The summed E-state index contributed by atoms with van der Waals surface area (Å²) in [5, 5.41) is 9.60. The number of halogens is 1. The van der Waals surface area contributed by atoms with Crippen molar-refractivity contribution in [3.05, 3.63) is 10.7 Å². The highest BCUT2D eigenvalue weighted by molar-refractivity contribution is 9.10. The molecule has 0 aliphatic heterocycles. The van der Waals surface area contributed by atoms with E-state index in [0.29, 0.717) is 16.8 Å². The van der Waals surface area contributed by atoms with E-state index in [4.69, 9.17) is 0 Å². The zero-order valence-electron chi connectivity index (χ0n) is 9.55. The fourth-order valence-corrected chi connectivity index (χ4v) is 4.33. The molecular weight excluding hydrogens is 328 g/mol. The SMILES string of the molecule is CC(C)CC(O)CNS(=O)(=O)c1sncc1Br. The van der Waals surface area contributed by atoms with Gasteiger partial charge in [-0.3, -0.25) is 0 Å². The van der Waals surface area contributed by atoms with Crippen LogP contribution < -0.4 is 4.72 Å². The maximum absolute atomic E-state index is 11.8. The molecule has 8 heteroatoms. The first-order valence-electron chi connectivity index (χ1n) is 5.11. The van der Waals surface area contributed by atoms with Gasteiger partial charge in [-0.2, -0.15) is 4.37 Å². The molecule has 0 aliphatic rings. The molecule has 0 saturated carbocycles. The van der Waals surface area contributed by atoms with E-state index in [9.17, 15) is 13.5 Å². The van der Waals surface area contributed by atoms with E-state index in [2.05, 4.69) is 25.0 Å². The Morgan fingerprint density at radius 2 is 2.24 bits per heavy atom. The second kappa shape index (κ2) is 6.24. The number of aliphatic hydroxyl groups excluding tert-OH is 1. The van der Waals surface area contributed by atoms with Gasteiger partial charge < -0.3 is 5.11 Å². The number of hydrogen-bond acceptors (Lipinski definition) is 5.